The van der Waals surface area contributed by atoms with Crippen molar-refractivity contribution in [3.05, 3.63) is 72.3 Å². The van der Waals surface area contributed by atoms with E-state index < -0.39 is 6.10 Å². The number of amides is 1. The van der Waals surface area contributed by atoms with Gasteiger partial charge in [-0.2, -0.15) is 0 Å². The van der Waals surface area contributed by atoms with E-state index in [1.54, 1.807) is 6.92 Å². The van der Waals surface area contributed by atoms with E-state index in [9.17, 15) is 4.79 Å². The molecule has 0 spiro atoms. The van der Waals surface area contributed by atoms with Gasteiger partial charge in [-0.25, -0.2) is 0 Å². The van der Waals surface area contributed by atoms with E-state index >= 15 is 0 Å². The van der Waals surface area contributed by atoms with Gasteiger partial charge >= 0.3 is 0 Å². The SMILES string of the molecule is Cc1ccccc1OC[C@H](C)NC(=O)[C@@H](C)Oc1cccc2ccccc12. The maximum Gasteiger partial charge on any atom is 0.261 e. The first-order valence-corrected chi connectivity index (χ1v) is 9.18. The predicted molar refractivity (Wildman–Crippen MR) is 108 cm³/mol. The number of para-hydroxylation sites is 1. The Hall–Kier alpha value is -3.01. The molecule has 3 aromatic rings. The Kier molecular flexibility index (Phi) is 5.97. The second kappa shape index (κ2) is 8.58. The van der Waals surface area contributed by atoms with Crippen molar-refractivity contribution in [3.8, 4) is 11.5 Å². The van der Waals surface area contributed by atoms with E-state index in [4.69, 9.17) is 9.47 Å². The number of hydrogen-bond acceptors (Lipinski definition) is 3. The third-order valence-electron chi connectivity index (χ3n) is 4.39. The summed E-state index contributed by atoms with van der Waals surface area (Å²) in [5.74, 6) is 1.38. The molecule has 0 unspecified atom stereocenters. The molecule has 0 saturated carbocycles. The zero-order valence-electron chi connectivity index (χ0n) is 15.9. The lowest BCUT2D eigenvalue weighted by molar-refractivity contribution is -0.128. The highest BCUT2D eigenvalue weighted by molar-refractivity contribution is 5.89. The molecule has 0 heterocycles. The van der Waals surface area contributed by atoms with Gasteiger partial charge in [0.2, 0.25) is 0 Å². The number of fused-ring (bicyclic) bond motifs is 1. The van der Waals surface area contributed by atoms with E-state index in [2.05, 4.69) is 5.32 Å². The average molecular weight is 363 g/mol. The molecule has 0 bridgehead atoms. The van der Waals surface area contributed by atoms with E-state index in [0.717, 1.165) is 22.1 Å². The van der Waals surface area contributed by atoms with Crippen LogP contribution >= 0.6 is 0 Å². The van der Waals surface area contributed by atoms with Crippen molar-refractivity contribution < 1.29 is 14.3 Å². The highest BCUT2D eigenvalue weighted by Gasteiger charge is 2.18. The molecule has 1 amide bonds. The maximum atomic E-state index is 12.5. The van der Waals surface area contributed by atoms with Crippen LogP contribution in [-0.2, 0) is 4.79 Å². The minimum Gasteiger partial charge on any atom is -0.491 e. The van der Waals surface area contributed by atoms with Gasteiger partial charge in [0, 0.05) is 5.39 Å². The van der Waals surface area contributed by atoms with Gasteiger partial charge < -0.3 is 14.8 Å². The van der Waals surface area contributed by atoms with Crippen LogP contribution in [0.4, 0.5) is 0 Å². The van der Waals surface area contributed by atoms with Crippen LogP contribution in [0.3, 0.4) is 0 Å². The summed E-state index contributed by atoms with van der Waals surface area (Å²) < 4.78 is 11.7. The quantitative estimate of drug-likeness (QED) is 0.672. The van der Waals surface area contributed by atoms with Crippen molar-refractivity contribution in [2.75, 3.05) is 6.61 Å². The van der Waals surface area contributed by atoms with E-state index in [0.29, 0.717) is 12.4 Å². The van der Waals surface area contributed by atoms with Crippen molar-refractivity contribution in [3.63, 3.8) is 0 Å². The molecule has 0 aliphatic rings. The Morgan fingerprint density at radius 3 is 2.41 bits per heavy atom. The molecule has 27 heavy (non-hydrogen) atoms. The largest absolute Gasteiger partial charge is 0.491 e. The van der Waals surface area contributed by atoms with Gasteiger partial charge in [0.1, 0.15) is 18.1 Å². The van der Waals surface area contributed by atoms with Gasteiger partial charge in [-0.3, -0.25) is 4.79 Å². The number of nitrogens with one attached hydrogen (secondary N) is 1. The molecule has 0 radical (unpaired) electrons. The summed E-state index contributed by atoms with van der Waals surface area (Å²) in [4.78, 5) is 12.5. The van der Waals surface area contributed by atoms with Crippen molar-refractivity contribution in [1.82, 2.24) is 5.32 Å². The third kappa shape index (κ3) is 4.79. The van der Waals surface area contributed by atoms with E-state index in [1.807, 2.05) is 80.6 Å². The molecular formula is C23H25NO3. The lowest BCUT2D eigenvalue weighted by Crippen LogP contribution is -2.43. The summed E-state index contributed by atoms with van der Waals surface area (Å²) in [6.07, 6.45) is -0.600. The zero-order chi connectivity index (χ0) is 19.2. The topological polar surface area (TPSA) is 47.6 Å². The molecular weight excluding hydrogens is 338 g/mol. The summed E-state index contributed by atoms with van der Waals surface area (Å²) >= 11 is 0. The second-order valence-electron chi connectivity index (χ2n) is 6.72. The Bertz CT molecular complexity index is 917. The number of aryl methyl sites for hydroxylation is 1. The van der Waals surface area contributed by atoms with E-state index in [1.165, 1.54) is 0 Å². The molecule has 0 saturated heterocycles. The molecule has 4 heteroatoms. The smallest absolute Gasteiger partial charge is 0.261 e. The van der Waals surface area contributed by atoms with Crippen molar-refractivity contribution in [2.24, 2.45) is 0 Å². The number of hydrogen-bond donors (Lipinski definition) is 1. The first-order valence-electron chi connectivity index (χ1n) is 9.18. The summed E-state index contributed by atoms with van der Waals surface area (Å²) in [5, 5.41) is 5.03. The first kappa shape index (κ1) is 18.8. The number of rotatable bonds is 7. The Balaban J connectivity index is 1.56. The van der Waals surface area contributed by atoms with Crippen LogP contribution < -0.4 is 14.8 Å². The fourth-order valence-corrected chi connectivity index (χ4v) is 2.88. The van der Waals surface area contributed by atoms with E-state index in [-0.39, 0.29) is 11.9 Å². The second-order valence-corrected chi connectivity index (χ2v) is 6.72. The minimum atomic E-state index is -0.600. The molecule has 0 fully saturated rings. The monoisotopic (exact) mass is 363 g/mol. The minimum absolute atomic E-state index is 0.129. The standard InChI is InChI=1S/C23H25NO3/c1-16-9-4-7-13-21(16)26-15-17(2)24-23(25)18(3)27-22-14-8-11-19-10-5-6-12-20(19)22/h4-14,17-18H,15H2,1-3H3,(H,24,25)/t17-,18+/m0/s1. The molecule has 3 aromatic carbocycles. The Labute approximate surface area is 160 Å². The first-order chi connectivity index (χ1) is 13.0. The van der Waals surface area contributed by atoms with Crippen molar-refractivity contribution in [2.45, 2.75) is 32.9 Å². The molecule has 0 aliphatic carbocycles. The summed E-state index contributed by atoms with van der Waals surface area (Å²) in [6, 6.07) is 21.5. The molecule has 140 valence electrons. The fraction of sp³-hybridized carbons (Fsp3) is 0.261. The summed E-state index contributed by atoms with van der Waals surface area (Å²) in [5.41, 5.74) is 1.07. The normalized spacial score (nSPS) is 13.0. The number of ether oxygens (including phenoxy) is 2. The van der Waals surface area contributed by atoms with Crippen LogP contribution in [0.2, 0.25) is 0 Å². The average Bonchev–Trinajstić information content (AvgIpc) is 2.67. The molecule has 0 aliphatic heterocycles. The highest BCUT2D eigenvalue weighted by atomic mass is 16.5. The molecule has 3 rings (SSSR count). The van der Waals surface area contributed by atoms with Crippen LogP contribution in [0.1, 0.15) is 19.4 Å². The predicted octanol–water partition coefficient (Wildman–Crippen LogP) is 4.50. The molecule has 4 nitrogen and oxygen atoms in total. The third-order valence-corrected chi connectivity index (χ3v) is 4.39. The molecule has 0 aromatic heterocycles. The van der Waals surface area contributed by atoms with Crippen LogP contribution in [0.25, 0.3) is 10.8 Å². The lowest BCUT2D eigenvalue weighted by Gasteiger charge is -2.20. The van der Waals surface area contributed by atoms with Crippen molar-refractivity contribution >= 4 is 16.7 Å². The Morgan fingerprint density at radius 1 is 0.926 bits per heavy atom. The molecule has 2 atom stereocenters. The summed E-state index contributed by atoms with van der Waals surface area (Å²) in [6.45, 7) is 6.07. The zero-order valence-corrected chi connectivity index (χ0v) is 15.9. The van der Waals surface area contributed by atoms with Gasteiger partial charge in [0.25, 0.3) is 5.91 Å². The van der Waals surface area contributed by atoms with Gasteiger partial charge in [0.05, 0.1) is 6.04 Å². The number of carbonyl (C=O) groups is 1. The number of carbonyl (C=O) groups excluding carboxylic acids is 1. The van der Waals surface area contributed by atoms with Crippen LogP contribution in [0.5, 0.6) is 11.5 Å². The fourth-order valence-electron chi connectivity index (χ4n) is 2.88. The van der Waals surface area contributed by atoms with Crippen LogP contribution in [0, 0.1) is 6.92 Å². The highest BCUT2D eigenvalue weighted by Crippen LogP contribution is 2.26. The Morgan fingerprint density at radius 2 is 1.59 bits per heavy atom. The maximum absolute atomic E-state index is 12.5. The van der Waals surface area contributed by atoms with Gasteiger partial charge in [-0.1, -0.05) is 54.6 Å². The number of benzene rings is 3. The van der Waals surface area contributed by atoms with Crippen molar-refractivity contribution in [1.29, 1.82) is 0 Å². The lowest BCUT2D eigenvalue weighted by atomic mass is 10.1. The van der Waals surface area contributed by atoms with Gasteiger partial charge in [-0.15, -0.1) is 0 Å². The summed E-state index contributed by atoms with van der Waals surface area (Å²) in [7, 11) is 0. The van der Waals surface area contributed by atoms with Crippen LogP contribution in [-0.4, -0.2) is 24.7 Å². The van der Waals surface area contributed by atoms with Gasteiger partial charge in [0.15, 0.2) is 6.10 Å². The van der Waals surface area contributed by atoms with Crippen LogP contribution in [0.15, 0.2) is 66.7 Å². The van der Waals surface area contributed by atoms with Gasteiger partial charge in [-0.05, 0) is 43.9 Å². The molecule has 1 N–H and O–H groups in total.